The molecule has 0 unspecified atom stereocenters. The van der Waals surface area contributed by atoms with Gasteiger partial charge in [0.1, 0.15) is 11.9 Å². The van der Waals surface area contributed by atoms with Crippen LogP contribution < -0.4 is 0 Å². The van der Waals surface area contributed by atoms with Crippen molar-refractivity contribution < 1.29 is 19.1 Å². The van der Waals surface area contributed by atoms with E-state index < -0.39 is 17.7 Å². The highest BCUT2D eigenvalue weighted by molar-refractivity contribution is 5.74. The maximum atomic E-state index is 12.3. The second-order valence-corrected chi connectivity index (χ2v) is 6.83. The van der Waals surface area contributed by atoms with Crippen molar-refractivity contribution in [2.75, 3.05) is 6.54 Å². The van der Waals surface area contributed by atoms with E-state index in [9.17, 15) is 9.59 Å². The predicted molar refractivity (Wildman–Crippen MR) is 87.0 cm³/mol. The third-order valence-electron chi connectivity index (χ3n) is 3.70. The molecule has 1 aromatic rings. The van der Waals surface area contributed by atoms with Crippen LogP contribution in [0, 0.1) is 0 Å². The lowest BCUT2D eigenvalue weighted by atomic mass is 10.0. The first-order valence-electron chi connectivity index (χ1n) is 7.99. The predicted octanol–water partition coefficient (Wildman–Crippen LogP) is 3.17. The van der Waals surface area contributed by atoms with Crippen molar-refractivity contribution in [1.29, 1.82) is 0 Å². The molecule has 1 amide bonds. The summed E-state index contributed by atoms with van der Waals surface area (Å²) >= 11 is 0. The fourth-order valence-electron chi connectivity index (χ4n) is 2.55. The van der Waals surface area contributed by atoms with Crippen LogP contribution in [-0.2, 0) is 20.9 Å². The first-order chi connectivity index (χ1) is 10.9. The number of carbonyl (C=O) groups excluding carboxylic acids is 2. The highest BCUT2D eigenvalue weighted by Gasteiger charge is 2.34. The third-order valence-corrected chi connectivity index (χ3v) is 3.70. The zero-order valence-electron chi connectivity index (χ0n) is 14.0. The van der Waals surface area contributed by atoms with Gasteiger partial charge in [0.05, 0.1) is 25.3 Å². The van der Waals surface area contributed by atoms with Gasteiger partial charge in [-0.05, 0) is 39.2 Å². The maximum Gasteiger partial charge on any atom is 0.410 e. The lowest BCUT2D eigenvalue weighted by Crippen LogP contribution is -2.51. The van der Waals surface area contributed by atoms with Crippen LogP contribution in [0.15, 0.2) is 30.3 Å². The van der Waals surface area contributed by atoms with Gasteiger partial charge in [-0.25, -0.2) is 4.79 Å². The fourth-order valence-corrected chi connectivity index (χ4v) is 2.55. The van der Waals surface area contributed by atoms with E-state index in [0.717, 1.165) is 18.3 Å². The van der Waals surface area contributed by atoms with Crippen LogP contribution >= 0.6 is 0 Å². The Kier molecular flexibility index (Phi) is 5.77. The molecule has 1 aromatic carbocycles. The summed E-state index contributed by atoms with van der Waals surface area (Å²) in [7, 11) is 0. The Morgan fingerprint density at radius 3 is 2.57 bits per heavy atom. The number of amides is 1. The van der Waals surface area contributed by atoms with Gasteiger partial charge in [0.25, 0.3) is 0 Å². The second kappa shape index (κ2) is 7.59. The molecule has 23 heavy (non-hydrogen) atoms. The molecule has 0 saturated carbocycles. The molecule has 0 aromatic heterocycles. The second-order valence-electron chi connectivity index (χ2n) is 6.83. The molecule has 126 valence electrons. The van der Waals surface area contributed by atoms with E-state index in [1.165, 1.54) is 4.90 Å². The summed E-state index contributed by atoms with van der Waals surface area (Å²) in [5, 5.41) is 0. The van der Waals surface area contributed by atoms with Crippen LogP contribution in [0.25, 0.3) is 0 Å². The first-order valence-corrected chi connectivity index (χ1v) is 7.99. The van der Waals surface area contributed by atoms with E-state index in [4.69, 9.17) is 9.47 Å². The molecule has 5 heteroatoms. The number of ether oxygens (including phenoxy) is 2. The lowest BCUT2D eigenvalue weighted by Gasteiger charge is -2.37. The summed E-state index contributed by atoms with van der Waals surface area (Å²) in [6, 6.07) is 9.47. The first kappa shape index (κ1) is 17.5. The number of benzene rings is 1. The monoisotopic (exact) mass is 319 g/mol. The zero-order valence-corrected chi connectivity index (χ0v) is 14.0. The molecule has 1 aliphatic heterocycles. The quantitative estimate of drug-likeness (QED) is 0.800. The molecule has 1 heterocycles. The molecule has 0 radical (unpaired) electrons. The van der Waals surface area contributed by atoms with Gasteiger partial charge in [-0.15, -0.1) is 0 Å². The van der Waals surface area contributed by atoms with Gasteiger partial charge in [0, 0.05) is 0 Å². The Hall–Kier alpha value is -1.88. The van der Waals surface area contributed by atoms with Crippen molar-refractivity contribution in [1.82, 2.24) is 4.90 Å². The van der Waals surface area contributed by atoms with Crippen LogP contribution in [0.5, 0.6) is 0 Å². The van der Waals surface area contributed by atoms with Crippen molar-refractivity contribution in [3.63, 3.8) is 0 Å². The summed E-state index contributed by atoms with van der Waals surface area (Å²) < 4.78 is 11.3. The van der Waals surface area contributed by atoms with Crippen LogP contribution in [0.2, 0.25) is 0 Å². The number of hydrogen-bond acceptors (Lipinski definition) is 4. The molecule has 2 rings (SSSR count). The lowest BCUT2D eigenvalue weighted by molar-refractivity contribution is -0.116. The number of likely N-dealkylation sites (tertiary alicyclic amines) is 1. The SMILES string of the molecule is CC(C)(C)OC(=O)N1C[C@@H](OCc2ccccc2)CC[C@@H]1C=O. The van der Waals surface area contributed by atoms with Gasteiger partial charge < -0.3 is 14.3 Å². The topological polar surface area (TPSA) is 55.8 Å². The average Bonchev–Trinajstić information content (AvgIpc) is 2.52. The Bertz CT molecular complexity index is 524. The van der Waals surface area contributed by atoms with Gasteiger partial charge in [0.15, 0.2) is 0 Å². The molecular weight excluding hydrogens is 294 g/mol. The van der Waals surface area contributed by atoms with Gasteiger partial charge in [0.2, 0.25) is 0 Å². The molecule has 1 fully saturated rings. The molecular formula is C18H25NO4. The highest BCUT2D eigenvalue weighted by Crippen LogP contribution is 2.22. The number of nitrogens with zero attached hydrogens (tertiary/aromatic N) is 1. The molecule has 1 saturated heterocycles. The minimum atomic E-state index is -0.581. The van der Waals surface area contributed by atoms with Crippen molar-refractivity contribution >= 4 is 12.4 Å². The molecule has 5 nitrogen and oxygen atoms in total. The fraction of sp³-hybridized carbons (Fsp3) is 0.556. The largest absolute Gasteiger partial charge is 0.444 e. The van der Waals surface area contributed by atoms with Gasteiger partial charge in [-0.1, -0.05) is 30.3 Å². The maximum absolute atomic E-state index is 12.3. The van der Waals surface area contributed by atoms with Crippen LogP contribution in [-0.4, -0.2) is 41.6 Å². The third kappa shape index (κ3) is 5.36. The van der Waals surface area contributed by atoms with Crippen LogP contribution in [0.3, 0.4) is 0 Å². The van der Waals surface area contributed by atoms with E-state index in [-0.39, 0.29) is 6.10 Å². The van der Waals surface area contributed by atoms with Gasteiger partial charge >= 0.3 is 6.09 Å². The normalized spacial score (nSPS) is 21.8. The van der Waals surface area contributed by atoms with E-state index in [1.54, 1.807) is 0 Å². The summed E-state index contributed by atoms with van der Waals surface area (Å²) in [5.41, 5.74) is 0.511. The van der Waals surface area contributed by atoms with E-state index in [0.29, 0.717) is 19.6 Å². The standard InChI is InChI=1S/C18H25NO4/c1-18(2,3)23-17(21)19-11-16(10-9-15(19)12-20)22-13-14-7-5-4-6-8-14/h4-8,12,15-16H,9-11,13H2,1-3H3/t15-,16+/m1/s1. The summed E-state index contributed by atoms with van der Waals surface area (Å²) in [5.74, 6) is 0. The van der Waals surface area contributed by atoms with Crippen molar-refractivity contribution in [3.05, 3.63) is 35.9 Å². The number of piperidine rings is 1. The van der Waals surface area contributed by atoms with E-state index >= 15 is 0 Å². The Morgan fingerprint density at radius 2 is 1.96 bits per heavy atom. The summed E-state index contributed by atoms with van der Waals surface area (Å²) in [4.78, 5) is 25.0. The van der Waals surface area contributed by atoms with Crippen molar-refractivity contribution in [3.8, 4) is 0 Å². The van der Waals surface area contributed by atoms with Crippen LogP contribution in [0.4, 0.5) is 4.79 Å². The minimum absolute atomic E-state index is 0.0843. The molecule has 0 aliphatic carbocycles. The molecule has 2 atom stereocenters. The zero-order chi connectivity index (χ0) is 16.9. The van der Waals surface area contributed by atoms with Crippen molar-refractivity contribution in [2.45, 2.75) is 58.0 Å². The Balaban J connectivity index is 1.94. The summed E-state index contributed by atoms with van der Waals surface area (Å²) in [6.07, 6.45) is 1.64. The van der Waals surface area contributed by atoms with Gasteiger partial charge in [-0.2, -0.15) is 0 Å². The van der Waals surface area contributed by atoms with Crippen LogP contribution in [0.1, 0.15) is 39.2 Å². The van der Waals surface area contributed by atoms with Gasteiger partial charge in [-0.3, -0.25) is 4.90 Å². The Labute approximate surface area is 137 Å². The number of aldehydes is 1. The average molecular weight is 319 g/mol. The minimum Gasteiger partial charge on any atom is -0.444 e. The number of rotatable bonds is 4. The molecule has 0 bridgehead atoms. The van der Waals surface area contributed by atoms with E-state index in [1.807, 2.05) is 51.1 Å². The smallest absolute Gasteiger partial charge is 0.410 e. The molecule has 1 aliphatic rings. The van der Waals surface area contributed by atoms with E-state index in [2.05, 4.69) is 0 Å². The number of carbonyl (C=O) groups is 2. The summed E-state index contributed by atoms with van der Waals surface area (Å²) in [6.45, 7) is 6.32. The number of hydrogen-bond donors (Lipinski definition) is 0. The molecule has 0 spiro atoms. The Morgan fingerprint density at radius 1 is 1.26 bits per heavy atom. The highest BCUT2D eigenvalue weighted by atomic mass is 16.6. The van der Waals surface area contributed by atoms with Crippen molar-refractivity contribution in [2.24, 2.45) is 0 Å². The molecule has 0 N–H and O–H groups in total.